The molecule has 6 heteroatoms. The molecule has 21 heavy (non-hydrogen) atoms. The molecule has 0 bridgehead atoms. The Bertz CT molecular complexity index is 372. The molecule has 0 aromatic rings. The van der Waals surface area contributed by atoms with Crippen molar-refractivity contribution < 1.29 is 9.59 Å². The van der Waals surface area contributed by atoms with Crippen molar-refractivity contribution >= 4 is 11.8 Å². The van der Waals surface area contributed by atoms with Crippen LogP contribution in [0.3, 0.4) is 0 Å². The summed E-state index contributed by atoms with van der Waals surface area (Å²) in [6.45, 7) is 5.95. The molecule has 2 fully saturated rings. The molecule has 2 saturated heterocycles. The molecule has 0 saturated carbocycles. The lowest BCUT2D eigenvalue weighted by Gasteiger charge is -2.38. The first-order valence-electron chi connectivity index (χ1n) is 8.08. The third-order valence-electron chi connectivity index (χ3n) is 5.02. The van der Waals surface area contributed by atoms with Crippen molar-refractivity contribution in [2.24, 2.45) is 11.1 Å². The average molecular weight is 296 g/mol. The van der Waals surface area contributed by atoms with Crippen molar-refractivity contribution in [1.29, 1.82) is 0 Å². The van der Waals surface area contributed by atoms with Crippen molar-refractivity contribution in [1.82, 2.24) is 15.5 Å². The van der Waals surface area contributed by atoms with E-state index in [1.54, 1.807) is 0 Å². The molecule has 0 aromatic heterocycles. The summed E-state index contributed by atoms with van der Waals surface area (Å²) in [5.41, 5.74) is 5.03. The predicted molar refractivity (Wildman–Crippen MR) is 81.6 cm³/mol. The van der Waals surface area contributed by atoms with Crippen LogP contribution in [0.4, 0.5) is 0 Å². The van der Waals surface area contributed by atoms with Gasteiger partial charge in [0.2, 0.25) is 11.8 Å². The Labute approximate surface area is 126 Å². The molecule has 0 unspecified atom stereocenters. The monoisotopic (exact) mass is 296 g/mol. The van der Waals surface area contributed by atoms with E-state index in [4.69, 9.17) is 5.73 Å². The van der Waals surface area contributed by atoms with Crippen LogP contribution in [0.5, 0.6) is 0 Å². The molecule has 120 valence electrons. The number of nitrogens with two attached hydrogens (primary N) is 1. The van der Waals surface area contributed by atoms with Crippen LogP contribution < -0.4 is 16.4 Å². The van der Waals surface area contributed by atoms with E-state index in [0.29, 0.717) is 6.54 Å². The Balaban J connectivity index is 1.82. The minimum Gasteiger partial charge on any atom is -0.369 e. The summed E-state index contributed by atoms with van der Waals surface area (Å²) in [6.07, 6.45) is 4.56. The normalized spacial score (nSPS) is 23.7. The summed E-state index contributed by atoms with van der Waals surface area (Å²) in [7, 11) is 0. The number of hydrogen-bond acceptors (Lipinski definition) is 4. The van der Waals surface area contributed by atoms with Crippen LogP contribution in [0.25, 0.3) is 0 Å². The van der Waals surface area contributed by atoms with Gasteiger partial charge in [0.25, 0.3) is 0 Å². The summed E-state index contributed by atoms with van der Waals surface area (Å²) in [5.74, 6) is -0.0584. The van der Waals surface area contributed by atoms with Crippen LogP contribution in [-0.2, 0) is 9.59 Å². The summed E-state index contributed by atoms with van der Waals surface area (Å²) < 4.78 is 0. The Kier molecular flexibility index (Phi) is 5.58. The molecule has 2 amide bonds. The molecular formula is C15H28N4O2. The number of primary amides is 1. The van der Waals surface area contributed by atoms with Gasteiger partial charge in [0.15, 0.2) is 0 Å². The fourth-order valence-electron chi connectivity index (χ4n) is 3.44. The lowest BCUT2D eigenvalue weighted by atomic mass is 9.75. The van der Waals surface area contributed by atoms with E-state index in [1.807, 2.05) is 0 Å². The Hall–Kier alpha value is -1.14. The van der Waals surface area contributed by atoms with Crippen LogP contribution >= 0.6 is 0 Å². The van der Waals surface area contributed by atoms with Gasteiger partial charge < -0.3 is 16.4 Å². The topological polar surface area (TPSA) is 87.5 Å². The second-order valence-corrected chi connectivity index (χ2v) is 6.37. The van der Waals surface area contributed by atoms with Gasteiger partial charge in [-0.05, 0) is 45.2 Å². The minimum absolute atomic E-state index is 0.185. The Morgan fingerprint density at radius 3 is 2.43 bits per heavy atom. The van der Waals surface area contributed by atoms with Crippen molar-refractivity contribution in [2.45, 2.75) is 45.1 Å². The zero-order chi connectivity index (χ0) is 15.3. The predicted octanol–water partition coefficient (Wildman–Crippen LogP) is -0.168. The molecule has 0 aromatic carbocycles. The largest absolute Gasteiger partial charge is 0.369 e. The number of likely N-dealkylation sites (tertiary alicyclic amines) is 1. The Morgan fingerprint density at radius 2 is 1.90 bits per heavy atom. The second-order valence-electron chi connectivity index (χ2n) is 6.37. The summed E-state index contributed by atoms with van der Waals surface area (Å²) in [5, 5.41) is 6.57. The first-order chi connectivity index (χ1) is 10.1. The maximum absolute atomic E-state index is 12.7. The average Bonchev–Trinajstić information content (AvgIpc) is 2.49. The standard InChI is InChI=1S/C15H28N4O2/c1-2-15(5-7-17-8-6-15)14(21)18-12-3-9-19(10-4-12)11-13(16)20/h12,17H,2-11H2,1H3,(H2,16,20)(H,18,21). The fourth-order valence-corrected chi connectivity index (χ4v) is 3.44. The van der Waals surface area contributed by atoms with Crippen LogP contribution in [0.2, 0.25) is 0 Å². The van der Waals surface area contributed by atoms with Crippen molar-refractivity contribution in [3.05, 3.63) is 0 Å². The van der Waals surface area contributed by atoms with Gasteiger partial charge in [-0.25, -0.2) is 0 Å². The number of nitrogens with zero attached hydrogens (tertiary/aromatic N) is 1. The van der Waals surface area contributed by atoms with Crippen LogP contribution in [-0.4, -0.2) is 55.5 Å². The maximum Gasteiger partial charge on any atom is 0.231 e. The maximum atomic E-state index is 12.7. The van der Waals surface area contributed by atoms with Crippen molar-refractivity contribution in [3.63, 3.8) is 0 Å². The molecule has 2 heterocycles. The first-order valence-corrected chi connectivity index (χ1v) is 8.08. The number of rotatable bonds is 5. The van der Waals surface area contributed by atoms with Gasteiger partial charge in [-0.1, -0.05) is 6.92 Å². The highest BCUT2D eigenvalue weighted by Crippen LogP contribution is 2.33. The molecule has 0 aliphatic carbocycles. The van der Waals surface area contributed by atoms with Gasteiger partial charge >= 0.3 is 0 Å². The fraction of sp³-hybridized carbons (Fsp3) is 0.867. The molecule has 2 aliphatic rings. The lowest BCUT2D eigenvalue weighted by molar-refractivity contribution is -0.134. The van der Waals surface area contributed by atoms with Crippen molar-refractivity contribution in [3.8, 4) is 0 Å². The molecule has 2 aliphatic heterocycles. The molecule has 0 radical (unpaired) electrons. The number of amides is 2. The number of hydrogen-bond donors (Lipinski definition) is 3. The van der Waals surface area contributed by atoms with Gasteiger partial charge in [-0.3, -0.25) is 14.5 Å². The number of carbonyl (C=O) groups excluding carboxylic acids is 2. The first kappa shape index (κ1) is 16.2. The third kappa shape index (κ3) is 4.17. The molecular weight excluding hydrogens is 268 g/mol. The highest BCUT2D eigenvalue weighted by atomic mass is 16.2. The summed E-state index contributed by atoms with van der Waals surface area (Å²) in [4.78, 5) is 25.6. The third-order valence-corrected chi connectivity index (χ3v) is 5.02. The lowest BCUT2D eigenvalue weighted by Crippen LogP contribution is -2.52. The van der Waals surface area contributed by atoms with Gasteiger partial charge in [0, 0.05) is 19.1 Å². The molecule has 6 nitrogen and oxygen atoms in total. The smallest absolute Gasteiger partial charge is 0.231 e. The Morgan fingerprint density at radius 1 is 1.29 bits per heavy atom. The molecule has 4 N–H and O–H groups in total. The van der Waals surface area contributed by atoms with Crippen molar-refractivity contribution in [2.75, 3.05) is 32.7 Å². The van der Waals surface area contributed by atoms with E-state index in [-0.39, 0.29) is 23.3 Å². The molecule has 0 spiro atoms. The van der Waals surface area contributed by atoms with Gasteiger partial charge in [-0.2, -0.15) is 0 Å². The molecule has 0 atom stereocenters. The highest BCUT2D eigenvalue weighted by Gasteiger charge is 2.38. The summed E-state index contributed by atoms with van der Waals surface area (Å²) in [6, 6.07) is 0.236. The minimum atomic E-state index is -0.280. The highest BCUT2D eigenvalue weighted by molar-refractivity contribution is 5.83. The van der Waals surface area contributed by atoms with E-state index >= 15 is 0 Å². The van der Waals surface area contributed by atoms with E-state index in [1.165, 1.54) is 0 Å². The van der Waals surface area contributed by atoms with Gasteiger partial charge in [-0.15, -0.1) is 0 Å². The van der Waals surface area contributed by atoms with Gasteiger partial charge in [0.05, 0.1) is 12.0 Å². The van der Waals surface area contributed by atoms with E-state index in [2.05, 4.69) is 22.5 Å². The quantitative estimate of drug-likeness (QED) is 0.657. The zero-order valence-corrected chi connectivity index (χ0v) is 13.0. The van der Waals surface area contributed by atoms with Crippen LogP contribution in [0.15, 0.2) is 0 Å². The molecule has 2 rings (SSSR count). The zero-order valence-electron chi connectivity index (χ0n) is 13.0. The van der Waals surface area contributed by atoms with Crippen LogP contribution in [0.1, 0.15) is 39.0 Å². The van der Waals surface area contributed by atoms with E-state index < -0.39 is 0 Å². The summed E-state index contributed by atoms with van der Waals surface area (Å²) >= 11 is 0. The number of carbonyl (C=O) groups is 2. The number of nitrogens with one attached hydrogen (secondary N) is 2. The second kappa shape index (κ2) is 7.22. The van der Waals surface area contributed by atoms with E-state index in [9.17, 15) is 9.59 Å². The van der Waals surface area contributed by atoms with E-state index in [0.717, 1.165) is 58.3 Å². The van der Waals surface area contributed by atoms with Gasteiger partial charge in [0.1, 0.15) is 0 Å². The SMILES string of the molecule is CCC1(C(=O)NC2CCN(CC(N)=O)CC2)CCNCC1. The van der Waals surface area contributed by atoms with Crippen LogP contribution in [0, 0.1) is 5.41 Å². The number of piperidine rings is 2.